The van der Waals surface area contributed by atoms with Gasteiger partial charge in [-0.3, -0.25) is 32.5 Å². The number of fused-ring (bicyclic) bond motifs is 1. The Bertz CT molecular complexity index is 2160. The minimum Gasteiger partial charge on any atom is -0.386 e. The maximum Gasteiger partial charge on any atom is 0.481 e. The monoisotopic (exact) mass is 1150 g/mol. The van der Waals surface area contributed by atoms with Crippen molar-refractivity contribution in [1.29, 1.82) is 0 Å². The quantitative estimate of drug-likeness (QED) is 0.0225. The van der Waals surface area contributed by atoms with Gasteiger partial charge in [0.2, 0.25) is 11.8 Å². The summed E-state index contributed by atoms with van der Waals surface area (Å²) in [6.45, 7) is 5.28. The van der Waals surface area contributed by atoms with Crippen LogP contribution in [0.5, 0.6) is 0 Å². The molecule has 0 aliphatic carbocycles. The summed E-state index contributed by atoms with van der Waals surface area (Å²) >= 11 is 1.16. The Morgan fingerprint density at radius 1 is 0.800 bits per heavy atom. The van der Waals surface area contributed by atoms with E-state index in [0.29, 0.717) is 12.2 Å². The number of hydrogen-bond donors (Lipinski definition) is 9. The van der Waals surface area contributed by atoms with Crippen LogP contribution in [0.1, 0.15) is 182 Å². The molecule has 1 aliphatic heterocycles. The first-order valence-corrected chi connectivity index (χ1v) is 32.0. The summed E-state index contributed by atoms with van der Waals surface area (Å²) in [6.07, 6.45) is 20.8. The number of phosphoric ester groups is 3. The number of aromatic nitrogens is 4. The second kappa shape index (κ2) is 34.5. The highest BCUT2D eigenvalue weighted by molar-refractivity contribution is 8.13. The highest BCUT2D eigenvalue weighted by atomic mass is 32.2. The molecule has 2 amide bonds. The number of rotatable bonds is 42. The van der Waals surface area contributed by atoms with Gasteiger partial charge in [0.05, 0.1) is 19.5 Å². The number of hydrogen-bond acceptors (Lipinski definition) is 18. The SMILES string of the molecule is CCCCCCCCCCCC(C)CCCCCCCCCCCCC(=O)SCCNC(=O)CCNC(=O)C(O)C(C)(C)COP(=O)(O)OP(=O)(O)OCC1OC(n2cnc3c(N)ncnc32)C(O)C1OP(=O)(O)O. The number of thioether (sulfide) groups is 1. The molecule has 24 nitrogen and oxygen atoms in total. The van der Waals surface area contributed by atoms with E-state index in [1.54, 1.807) is 0 Å². The lowest BCUT2D eigenvalue weighted by Gasteiger charge is -2.30. The van der Waals surface area contributed by atoms with Crippen LogP contribution in [0.25, 0.3) is 11.2 Å². The third-order valence-electron chi connectivity index (χ3n) is 12.9. The molecule has 0 saturated carbocycles. The van der Waals surface area contributed by atoms with E-state index in [9.17, 15) is 57.9 Å². The fraction of sp³-hybridized carbons (Fsp3) is 0.830. The van der Waals surface area contributed by atoms with Crippen molar-refractivity contribution in [3.8, 4) is 0 Å². The standard InChI is InChI=1S/C47H86N7O17P3S/c1-5-6-7-8-9-12-15-18-21-24-35(2)25-22-19-16-13-10-11-14-17-20-23-26-38(56)75-30-29-49-37(55)27-28-50-45(59)42(58)47(3,4)32-68-74(65,66)71-73(63,64)67-31-36-41(70-72(60,61)62)40(57)46(69-36)54-34-53-39-43(48)51-33-52-44(39)54/h33-36,40-42,46,57-58H,5-32H2,1-4H3,(H,49,55)(H,50,59)(H,63,64)(H,65,66)(H2,48,51,52)(H2,60,61,62). The average Bonchev–Trinajstić information content (AvgIpc) is 3.90. The summed E-state index contributed by atoms with van der Waals surface area (Å²) in [5, 5.41) is 26.8. The number of anilines is 1. The van der Waals surface area contributed by atoms with Crippen LogP contribution in [0.2, 0.25) is 0 Å². The molecule has 0 aromatic carbocycles. The number of nitrogens with one attached hydrogen (secondary N) is 2. The second-order valence-corrected chi connectivity index (χ2v) is 25.5. The van der Waals surface area contributed by atoms with Crippen molar-refractivity contribution in [2.75, 3.05) is 37.8 Å². The Morgan fingerprint density at radius 3 is 1.95 bits per heavy atom. The molecule has 0 bridgehead atoms. The minimum atomic E-state index is -5.58. The zero-order valence-corrected chi connectivity index (χ0v) is 47.7. The third-order valence-corrected chi connectivity index (χ3v) is 16.9. The largest absolute Gasteiger partial charge is 0.481 e. The first-order chi connectivity index (χ1) is 35.4. The molecule has 2 aromatic heterocycles. The maximum atomic E-state index is 12.8. The molecular formula is C47H86N7O17P3S. The fourth-order valence-electron chi connectivity index (χ4n) is 8.49. The van der Waals surface area contributed by atoms with Crippen LogP contribution in [-0.2, 0) is 50.7 Å². The molecule has 8 unspecified atom stereocenters. The zero-order chi connectivity index (χ0) is 55.5. The Hall–Kier alpha value is -2.44. The Kier molecular flexibility index (Phi) is 30.8. The van der Waals surface area contributed by atoms with E-state index in [1.807, 2.05) is 0 Å². The molecule has 2 aromatic rings. The Balaban J connectivity index is 1.21. The maximum absolute atomic E-state index is 12.8. The number of carbonyl (C=O) groups is 3. The van der Waals surface area contributed by atoms with Crippen LogP contribution in [0.3, 0.4) is 0 Å². The van der Waals surface area contributed by atoms with Crippen molar-refractivity contribution >= 4 is 69.1 Å². The molecule has 3 rings (SSSR count). The molecule has 1 saturated heterocycles. The van der Waals surface area contributed by atoms with Gasteiger partial charge in [-0.2, -0.15) is 4.31 Å². The molecule has 1 fully saturated rings. The van der Waals surface area contributed by atoms with Crippen molar-refractivity contribution in [1.82, 2.24) is 30.2 Å². The van der Waals surface area contributed by atoms with E-state index in [4.69, 9.17) is 19.5 Å². The van der Waals surface area contributed by atoms with Crippen LogP contribution in [0.4, 0.5) is 5.82 Å². The minimum absolute atomic E-state index is 0.0346. The van der Waals surface area contributed by atoms with Gasteiger partial charge in [0, 0.05) is 37.1 Å². The summed E-state index contributed by atoms with van der Waals surface area (Å²) in [5.74, 6) is -0.166. The number of unbranched alkanes of at least 4 members (excludes halogenated alkanes) is 17. The smallest absolute Gasteiger partial charge is 0.386 e. The van der Waals surface area contributed by atoms with Gasteiger partial charge in [0.1, 0.15) is 36.3 Å². The number of carbonyl (C=O) groups excluding carboxylic acids is 3. The van der Waals surface area contributed by atoms with Crippen LogP contribution in [-0.4, -0.2) is 123 Å². The summed E-state index contributed by atoms with van der Waals surface area (Å²) in [6, 6.07) is 0. The van der Waals surface area contributed by atoms with Crippen molar-refractivity contribution in [3.05, 3.63) is 12.7 Å². The van der Waals surface area contributed by atoms with Gasteiger partial charge in [0.15, 0.2) is 22.8 Å². The molecule has 8 atom stereocenters. The number of imidazole rings is 1. The highest BCUT2D eigenvalue weighted by Crippen LogP contribution is 2.61. The number of amides is 2. The van der Waals surface area contributed by atoms with E-state index in [0.717, 1.165) is 54.2 Å². The number of nitrogen functional groups attached to an aromatic ring is 1. The van der Waals surface area contributed by atoms with Crippen LogP contribution < -0.4 is 16.4 Å². The van der Waals surface area contributed by atoms with Gasteiger partial charge in [-0.05, 0) is 12.3 Å². The first kappa shape index (κ1) is 66.8. The lowest BCUT2D eigenvalue weighted by Crippen LogP contribution is -2.46. The molecule has 1 aliphatic rings. The number of ether oxygens (including phenoxy) is 1. The van der Waals surface area contributed by atoms with Crippen molar-refractivity contribution in [2.45, 2.75) is 206 Å². The third kappa shape index (κ3) is 26.8. The van der Waals surface area contributed by atoms with E-state index in [-0.39, 0.29) is 41.6 Å². The van der Waals surface area contributed by atoms with E-state index < -0.39 is 84.6 Å². The summed E-state index contributed by atoms with van der Waals surface area (Å²) < 4.78 is 62.6. The highest BCUT2D eigenvalue weighted by Gasteiger charge is 2.50. The lowest BCUT2D eigenvalue weighted by molar-refractivity contribution is -0.137. The topological polar surface area (TPSA) is 364 Å². The molecule has 432 valence electrons. The Labute approximate surface area is 446 Å². The fourth-order valence-corrected chi connectivity index (χ4v) is 12.0. The molecule has 75 heavy (non-hydrogen) atoms. The van der Waals surface area contributed by atoms with Crippen LogP contribution in [0, 0.1) is 11.3 Å². The lowest BCUT2D eigenvalue weighted by atomic mass is 9.87. The number of nitrogens with two attached hydrogens (primary N) is 1. The Morgan fingerprint density at radius 2 is 1.36 bits per heavy atom. The van der Waals surface area contributed by atoms with E-state index in [1.165, 1.54) is 129 Å². The van der Waals surface area contributed by atoms with Crippen molar-refractivity contribution < 1.29 is 80.5 Å². The number of aliphatic hydroxyl groups is 2. The first-order valence-electron chi connectivity index (χ1n) is 26.5. The van der Waals surface area contributed by atoms with Crippen molar-refractivity contribution in [3.63, 3.8) is 0 Å². The van der Waals surface area contributed by atoms with Crippen LogP contribution in [0.15, 0.2) is 12.7 Å². The molecule has 0 radical (unpaired) electrons. The number of phosphoric acid groups is 3. The summed E-state index contributed by atoms with van der Waals surface area (Å²) in [5.41, 5.74) is 4.30. The van der Waals surface area contributed by atoms with Gasteiger partial charge in [-0.1, -0.05) is 168 Å². The van der Waals surface area contributed by atoms with E-state index >= 15 is 0 Å². The molecule has 10 N–H and O–H groups in total. The average molecular weight is 1150 g/mol. The second-order valence-electron chi connectivity index (χ2n) is 20.1. The zero-order valence-electron chi connectivity index (χ0n) is 44.2. The summed E-state index contributed by atoms with van der Waals surface area (Å²) in [7, 11) is -16.4. The van der Waals surface area contributed by atoms with Gasteiger partial charge in [-0.25, -0.2) is 28.6 Å². The molecular weight excluding hydrogens is 1060 g/mol. The predicted octanol–water partition coefficient (Wildman–Crippen LogP) is 7.90. The molecule has 0 spiro atoms. The molecule has 3 heterocycles. The van der Waals surface area contributed by atoms with E-state index in [2.05, 4.69) is 48.3 Å². The number of aliphatic hydroxyl groups excluding tert-OH is 2. The summed E-state index contributed by atoms with van der Waals surface area (Å²) in [4.78, 5) is 88.7. The van der Waals surface area contributed by atoms with Gasteiger partial charge in [0.25, 0.3) is 0 Å². The number of nitrogens with zero attached hydrogens (tertiary/aromatic N) is 4. The molecule has 28 heteroatoms. The van der Waals surface area contributed by atoms with Gasteiger partial charge < -0.3 is 50.9 Å². The van der Waals surface area contributed by atoms with Crippen LogP contribution >= 0.6 is 35.2 Å². The van der Waals surface area contributed by atoms with Crippen molar-refractivity contribution in [2.24, 2.45) is 11.3 Å². The van der Waals surface area contributed by atoms with Gasteiger partial charge in [-0.15, -0.1) is 0 Å². The predicted molar refractivity (Wildman–Crippen MR) is 284 cm³/mol. The van der Waals surface area contributed by atoms with Gasteiger partial charge >= 0.3 is 23.5 Å². The normalized spacial score (nSPS) is 19.7.